The number of hydrogen-bond acceptors (Lipinski definition) is 5. The molecule has 5 nitrogen and oxygen atoms in total. The highest BCUT2D eigenvalue weighted by molar-refractivity contribution is 7.18. The number of imide groups is 1. The van der Waals surface area contributed by atoms with Crippen molar-refractivity contribution in [2.75, 3.05) is 11.9 Å². The lowest BCUT2D eigenvalue weighted by molar-refractivity contribution is -0.122. The number of anilines is 1. The minimum atomic E-state index is -0.448. The van der Waals surface area contributed by atoms with Crippen LogP contribution in [0.4, 0.5) is 5.69 Å². The van der Waals surface area contributed by atoms with Crippen molar-refractivity contribution >= 4 is 39.1 Å². The van der Waals surface area contributed by atoms with Crippen LogP contribution in [0.15, 0.2) is 48.5 Å². The second-order valence-electron chi connectivity index (χ2n) is 6.61. The smallest absolute Gasteiger partial charge is 0.251 e. The summed E-state index contributed by atoms with van der Waals surface area (Å²) in [5.74, 6) is -0.317. The zero-order chi connectivity index (χ0) is 18.3. The quantitative estimate of drug-likeness (QED) is 0.665. The van der Waals surface area contributed by atoms with Crippen LogP contribution in [0.3, 0.4) is 0 Å². The molecule has 6 heteroatoms. The van der Waals surface area contributed by atoms with Crippen LogP contribution in [-0.2, 0) is 16.1 Å². The first-order chi connectivity index (χ1) is 12.5. The Morgan fingerprint density at radius 2 is 1.88 bits per heavy atom. The number of carbonyl (C=O) groups is 2. The fourth-order valence-electron chi connectivity index (χ4n) is 3.24. The van der Waals surface area contributed by atoms with Gasteiger partial charge in [0.2, 0.25) is 5.91 Å². The van der Waals surface area contributed by atoms with E-state index in [9.17, 15) is 9.59 Å². The number of hydrogen-bond donors (Lipinski definition) is 0. The van der Waals surface area contributed by atoms with Crippen LogP contribution in [0.2, 0.25) is 0 Å². The van der Waals surface area contributed by atoms with Crippen molar-refractivity contribution in [3.63, 3.8) is 0 Å². The maximum atomic E-state index is 12.9. The Labute approximate surface area is 155 Å². The molecule has 0 aliphatic carbocycles. The van der Waals surface area contributed by atoms with E-state index in [1.54, 1.807) is 11.3 Å². The van der Waals surface area contributed by atoms with Crippen LogP contribution >= 0.6 is 11.3 Å². The van der Waals surface area contributed by atoms with Crippen molar-refractivity contribution in [3.05, 3.63) is 59.1 Å². The molecule has 3 aromatic rings. The van der Waals surface area contributed by atoms with E-state index in [1.165, 1.54) is 4.90 Å². The Bertz CT molecular complexity index is 947. The minimum absolute atomic E-state index is 0.153. The fourth-order valence-corrected chi connectivity index (χ4v) is 4.27. The van der Waals surface area contributed by atoms with Gasteiger partial charge in [-0.3, -0.25) is 14.5 Å². The van der Waals surface area contributed by atoms with E-state index in [0.717, 1.165) is 20.8 Å². The molecule has 4 rings (SSSR count). The number of nitrogens with zero attached hydrogens (tertiary/aromatic N) is 3. The summed E-state index contributed by atoms with van der Waals surface area (Å²) >= 11 is 1.62. The van der Waals surface area contributed by atoms with Crippen molar-refractivity contribution < 1.29 is 9.59 Å². The summed E-state index contributed by atoms with van der Waals surface area (Å²) in [6.45, 7) is 2.52. The lowest BCUT2D eigenvalue weighted by atomic mass is 10.2. The molecule has 1 atom stereocenters. The predicted molar refractivity (Wildman–Crippen MR) is 103 cm³/mol. The summed E-state index contributed by atoms with van der Waals surface area (Å²) in [7, 11) is 1.88. The van der Waals surface area contributed by atoms with Crippen molar-refractivity contribution in [2.24, 2.45) is 0 Å². The van der Waals surface area contributed by atoms with Crippen molar-refractivity contribution in [1.82, 2.24) is 9.88 Å². The summed E-state index contributed by atoms with van der Waals surface area (Å²) in [6, 6.07) is 15.0. The molecule has 0 spiro atoms. The Hall–Kier alpha value is -2.57. The van der Waals surface area contributed by atoms with Gasteiger partial charge in [-0.2, -0.15) is 0 Å². The lowest BCUT2D eigenvalue weighted by Crippen LogP contribution is -2.39. The first-order valence-corrected chi connectivity index (χ1v) is 9.33. The van der Waals surface area contributed by atoms with E-state index >= 15 is 0 Å². The Kier molecular flexibility index (Phi) is 4.30. The number of aryl methyl sites for hydroxylation is 1. The Morgan fingerprint density at radius 3 is 2.62 bits per heavy atom. The highest BCUT2D eigenvalue weighted by atomic mass is 32.1. The van der Waals surface area contributed by atoms with Gasteiger partial charge >= 0.3 is 0 Å². The van der Waals surface area contributed by atoms with Crippen molar-refractivity contribution in [1.29, 1.82) is 0 Å². The summed E-state index contributed by atoms with van der Waals surface area (Å²) < 4.78 is 1.13. The molecule has 132 valence electrons. The predicted octanol–water partition coefficient (Wildman–Crippen LogP) is 3.37. The van der Waals surface area contributed by atoms with E-state index in [2.05, 4.69) is 4.98 Å². The number of benzene rings is 2. The molecular weight excluding hydrogens is 346 g/mol. The van der Waals surface area contributed by atoms with Gasteiger partial charge in [-0.05, 0) is 38.2 Å². The van der Waals surface area contributed by atoms with E-state index in [4.69, 9.17) is 0 Å². The van der Waals surface area contributed by atoms with Crippen LogP contribution in [0.25, 0.3) is 10.2 Å². The van der Waals surface area contributed by atoms with Gasteiger partial charge in [0.25, 0.3) is 5.91 Å². The summed E-state index contributed by atoms with van der Waals surface area (Å²) in [4.78, 5) is 33.1. The van der Waals surface area contributed by atoms with Gasteiger partial charge in [-0.25, -0.2) is 9.88 Å². The molecule has 0 radical (unpaired) electrons. The second-order valence-corrected chi connectivity index (χ2v) is 7.73. The average Bonchev–Trinajstić information content (AvgIpc) is 3.16. The standard InChI is InChI=1S/C20H19N3O2S/c1-13-7-9-14(10-8-13)23-19(24)11-16(20(23)25)22(2)12-18-21-15-5-3-4-6-17(15)26-18/h3-10,16H,11-12H2,1-2H3/t16-/m1/s1. The number of amides is 2. The number of thiazole rings is 1. The summed E-state index contributed by atoms with van der Waals surface area (Å²) in [5, 5.41) is 0.947. The second kappa shape index (κ2) is 6.63. The molecule has 1 saturated heterocycles. The maximum Gasteiger partial charge on any atom is 0.251 e. The molecule has 1 aromatic heterocycles. The molecule has 2 amide bonds. The lowest BCUT2D eigenvalue weighted by Gasteiger charge is -2.21. The van der Waals surface area contributed by atoms with Gasteiger partial charge in [0.1, 0.15) is 5.01 Å². The third-order valence-corrected chi connectivity index (χ3v) is 5.69. The van der Waals surface area contributed by atoms with Crippen molar-refractivity contribution in [3.8, 4) is 0 Å². The van der Waals surface area contributed by atoms with Gasteiger partial charge in [-0.1, -0.05) is 29.8 Å². The first-order valence-electron chi connectivity index (χ1n) is 8.51. The maximum absolute atomic E-state index is 12.9. The molecule has 0 bridgehead atoms. The third-order valence-electron chi connectivity index (χ3n) is 4.67. The molecule has 0 N–H and O–H groups in total. The molecule has 1 aliphatic heterocycles. The number of para-hydroxylation sites is 1. The number of likely N-dealkylation sites (N-methyl/N-ethyl adjacent to an activating group) is 1. The highest BCUT2D eigenvalue weighted by Gasteiger charge is 2.41. The van der Waals surface area contributed by atoms with E-state index < -0.39 is 6.04 Å². The van der Waals surface area contributed by atoms with Crippen LogP contribution in [0.1, 0.15) is 17.0 Å². The van der Waals surface area contributed by atoms with E-state index in [-0.39, 0.29) is 18.2 Å². The fraction of sp³-hybridized carbons (Fsp3) is 0.250. The van der Waals surface area contributed by atoms with Gasteiger partial charge in [-0.15, -0.1) is 11.3 Å². The van der Waals surface area contributed by atoms with Crippen LogP contribution in [0, 0.1) is 6.92 Å². The van der Waals surface area contributed by atoms with Crippen LogP contribution < -0.4 is 4.90 Å². The minimum Gasteiger partial charge on any atom is -0.288 e. The normalized spacial score (nSPS) is 17.7. The first kappa shape index (κ1) is 16.9. The zero-order valence-corrected chi connectivity index (χ0v) is 15.5. The van der Waals surface area contributed by atoms with Gasteiger partial charge in [0.15, 0.2) is 0 Å². The highest BCUT2D eigenvalue weighted by Crippen LogP contribution is 2.28. The summed E-state index contributed by atoms with van der Waals surface area (Å²) in [6.07, 6.45) is 0.202. The third kappa shape index (κ3) is 3.02. The molecule has 2 aromatic carbocycles. The Balaban J connectivity index is 1.53. The SMILES string of the molecule is Cc1ccc(N2C(=O)C[C@@H](N(C)Cc3nc4ccccc4s3)C2=O)cc1. The molecule has 2 heterocycles. The van der Waals surface area contributed by atoms with Crippen LogP contribution in [0.5, 0.6) is 0 Å². The Morgan fingerprint density at radius 1 is 1.15 bits per heavy atom. The van der Waals surface area contributed by atoms with Gasteiger partial charge in [0.05, 0.1) is 34.9 Å². The zero-order valence-electron chi connectivity index (χ0n) is 14.7. The summed E-state index contributed by atoms with van der Waals surface area (Å²) in [5.41, 5.74) is 2.70. The van der Waals surface area contributed by atoms with Gasteiger partial charge < -0.3 is 0 Å². The topological polar surface area (TPSA) is 53.5 Å². The molecule has 0 saturated carbocycles. The van der Waals surface area contributed by atoms with Gasteiger partial charge in [0, 0.05) is 0 Å². The number of rotatable bonds is 4. The molecule has 1 aliphatic rings. The number of aromatic nitrogens is 1. The van der Waals surface area contributed by atoms with Crippen LogP contribution in [-0.4, -0.2) is 34.8 Å². The van der Waals surface area contributed by atoms with Crippen molar-refractivity contribution in [2.45, 2.75) is 25.9 Å². The molecular formula is C20H19N3O2S. The molecule has 0 unspecified atom stereocenters. The van der Waals surface area contributed by atoms with E-state index in [1.807, 2.05) is 67.4 Å². The average molecular weight is 365 g/mol. The number of carbonyl (C=O) groups excluding carboxylic acids is 2. The molecule has 1 fully saturated rings. The molecule has 26 heavy (non-hydrogen) atoms. The van der Waals surface area contributed by atoms with E-state index in [0.29, 0.717) is 12.2 Å². The largest absolute Gasteiger partial charge is 0.288 e. The monoisotopic (exact) mass is 365 g/mol. The number of fused-ring (bicyclic) bond motifs is 1.